The lowest BCUT2D eigenvalue weighted by Gasteiger charge is -2.20. The van der Waals surface area contributed by atoms with Crippen molar-refractivity contribution < 1.29 is 8.42 Å². The molecule has 0 spiro atoms. The van der Waals surface area contributed by atoms with E-state index in [1.807, 2.05) is 6.92 Å². The first kappa shape index (κ1) is 14.5. The summed E-state index contributed by atoms with van der Waals surface area (Å²) in [6.45, 7) is 3.64. The van der Waals surface area contributed by atoms with Crippen molar-refractivity contribution in [1.82, 2.24) is 9.29 Å². The summed E-state index contributed by atoms with van der Waals surface area (Å²) in [5.74, 6) is 0. The van der Waals surface area contributed by atoms with Gasteiger partial charge in [-0.15, -0.1) is 11.3 Å². The van der Waals surface area contributed by atoms with E-state index in [4.69, 9.17) is 18.0 Å². The first-order valence-corrected chi connectivity index (χ1v) is 7.69. The minimum atomic E-state index is -3.49. The molecule has 1 rings (SSSR count). The second-order valence-corrected chi connectivity index (χ2v) is 7.48. The fourth-order valence-electron chi connectivity index (χ4n) is 1.19. The Morgan fingerprint density at radius 2 is 2.29 bits per heavy atom. The van der Waals surface area contributed by atoms with Crippen LogP contribution in [0.2, 0.25) is 0 Å². The molecule has 0 radical (unpaired) electrons. The van der Waals surface area contributed by atoms with Gasteiger partial charge in [0.15, 0.2) is 0 Å². The second kappa shape index (κ2) is 5.38. The van der Waals surface area contributed by atoms with Crippen LogP contribution in [0.5, 0.6) is 0 Å². The number of aromatic nitrogens is 1. The Labute approximate surface area is 111 Å². The standard InChI is InChI=1S/C9H15N3O2S3/c1-6-8(16-5-11-6)4-12(3)17(13,14)7(2)9(10)15/h5,7H,4H2,1-3H3,(H2,10,15). The van der Waals surface area contributed by atoms with Gasteiger partial charge in [0, 0.05) is 18.5 Å². The third-order valence-electron chi connectivity index (χ3n) is 2.49. The van der Waals surface area contributed by atoms with Crippen LogP contribution >= 0.6 is 23.6 Å². The number of aryl methyl sites for hydroxylation is 1. The molecule has 1 heterocycles. The quantitative estimate of drug-likeness (QED) is 0.816. The molecule has 1 aromatic heterocycles. The molecular weight excluding hydrogens is 278 g/mol. The van der Waals surface area contributed by atoms with Gasteiger partial charge in [-0.25, -0.2) is 13.4 Å². The summed E-state index contributed by atoms with van der Waals surface area (Å²) in [6, 6.07) is 0. The van der Waals surface area contributed by atoms with E-state index in [1.165, 1.54) is 29.6 Å². The predicted octanol–water partition coefficient (Wildman–Crippen LogP) is 0.888. The molecule has 0 fully saturated rings. The van der Waals surface area contributed by atoms with Crippen LogP contribution in [-0.4, -0.2) is 35.0 Å². The Morgan fingerprint density at radius 3 is 2.71 bits per heavy atom. The van der Waals surface area contributed by atoms with Crippen LogP contribution in [0.25, 0.3) is 0 Å². The fourth-order valence-corrected chi connectivity index (χ4v) is 3.61. The Hall–Kier alpha value is -0.570. The molecule has 17 heavy (non-hydrogen) atoms. The number of hydrogen-bond acceptors (Lipinski definition) is 5. The van der Waals surface area contributed by atoms with E-state index < -0.39 is 15.3 Å². The number of nitrogens with zero attached hydrogens (tertiary/aromatic N) is 2. The number of thiocarbonyl (C=S) groups is 1. The molecular formula is C9H15N3O2S3. The highest BCUT2D eigenvalue weighted by Gasteiger charge is 2.28. The zero-order valence-electron chi connectivity index (χ0n) is 9.87. The molecule has 0 aliphatic rings. The normalized spacial score (nSPS) is 13.9. The molecule has 0 bridgehead atoms. The van der Waals surface area contributed by atoms with E-state index in [0.29, 0.717) is 6.54 Å². The molecule has 2 N–H and O–H groups in total. The summed E-state index contributed by atoms with van der Waals surface area (Å²) >= 11 is 6.15. The molecule has 1 aromatic rings. The van der Waals surface area contributed by atoms with Gasteiger partial charge >= 0.3 is 0 Å². The zero-order valence-corrected chi connectivity index (χ0v) is 12.3. The third kappa shape index (κ3) is 3.21. The van der Waals surface area contributed by atoms with Crippen molar-refractivity contribution in [2.75, 3.05) is 7.05 Å². The first-order chi connectivity index (χ1) is 7.76. The van der Waals surface area contributed by atoms with Crippen molar-refractivity contribution in [3.05, 3.63) is 16.1 Å². The number of nitrogens with two attached hydrogens (primary N) is 1. The van der Waals surface area contributed by atoms with Crippen molar-refractivity contribution in [3.63, 3.8) is 0 Å². The third-order valence-corrected chi connectivity index (χ3v) is 6.06. The Morgan fingerprint density at radius 1 is 1.71 bits per heavy atom. The van der Waals surface area contributed by atoms with Crippen LogP contribution < -0.4 is 5.73 Å². The van der Waals surface area contributed by atoms with E-state index in [-0.39, 0.29) is 4.99 Å². The summed E-state index contributed by atoms with van der Waals surface area (Å²) in [7, 11) is -1.97. The largest absolute Gasteiger partial charge is 0.392 e. The predicted molar refractivity (Wildman–Crippen MR) is 73.5 cm³/mol. The van der Waals surface area contributed by atoms with Gasteiger partial charge in [-0.1, -0.05) is 12.2 Å². The Bertz CT molecular complexity index is 509. The number of rotatable bonds is 5. The lowest BCUT2D eigenvalue weighted by molar-refractivity contribution is 0.466. The maximum Gasteiger partial charge on any atom is 0.223 e. The Kier molecular flexibility index (Phi) is 4.59. The topological polar surface area (TPSA) is 76.3 Å². The van der Waals surface area contributed by atoms with Gasteiger partial charge < -0.3 is 5.73 Å². The van der Waals surface area contributed by atoms with Crippen molar-refractivity contribution in [3.8, 4) is 0 Å². The first-order valence-electron chi connectivity index (χ1n) is 4.90. The smallest absolute Gasteiger partial charge is 0.223 e. The van der Waals surface area contributed by atoms with Gasteiger partial charge in [0.1, 0.15) is 5.25 Å². The summed E-state index contributed by atoms with van der Waals surface area (Å²) in [6.07, 6.45) is 0. The van der Waals surface area contributed by atoms with Crippen molar-refractivity contribution in [2.24, 2.45) is 5.73 Å². The van der Waals surface area contributed by atoms with Crippen molar-refractivity contribution in [2.45, 2.75) is 25.6 Å². The highest BCUT2D eigenvalue weighted by Crippen LogP contribution is 2.17. The zero-order chi connectivity index (χ0) is 13.2. The molecule has 0 aliphatic carbocycles. The monoisotopic (exact) mass is 293 g/mol. The van der Waals surface area contributed by atoms with Crippen LogP contribution in [0, 0.1) is 6.92 Å². The lowest BCUT2D eigenvalue weighted by Crippen LogP contribution is -2.40. The average Bonchev–Trinajstić information content (AvgIpc) is 2.63. The molecule has 0 aromatic carbocycles. The summed E-state index contributed by atoms with van der Waals surface area (Å²) in [5.41, 5.74) is 7.92. The molecule has 8 heteroatoms. The number of sulfonamides is 1. The van der Waals surface area contributed by atoms with E-state index >= 15 is 0 Å². The van der Waals surface area contributed by atoms with Gasteiger partial charge in [0.05, 0.1) is 16.2 Å². The molecule has 1 unspecified atom stereocenters. The van der Waals surface area contributed by atoms with Gasteiger partial charge in [0.2, 0.25) is 10.0 Å². The van der Waals surface area contributed by atoms with Crippen LogP contribution in [0.15, 0.2) is 5.51 Å². The van der Waals surface area contributed by atoms with Gasteiger partial charge in [0.25, 0.3) is 0 Å². The van der Waals surface area contributed by atoms with Crippen LogP contribution in [0.4, 0.5) is 0 Å². The lowest BCUT2D eigenvalue weighted by atomic mass is 10.4. The minimum Gasteiger partial charge on any atom is -0.392 e. The van der Waals surface area contributed by atoms with Crippen LogP contribution in [-0.2, 0) is 16.6 Å². The minimum absolute atomic E-state index is 0.0159. The van der Waals surface area contributed by atoms with Crippen molar-refractivity contribution >= 4 is 38.6 Å². The van der Waals surface area contributed by atoms with Gasteiger partial charge in [-0.2, -0.15) is 4.31 Å². The molecule has 0 aliphatic heterocycles. The maximum atomic E-state index is 12.1. The second-order valence-electron chi connectivity index (χ2n) is 3.71. The van der Waals surface area contributed by atoms with E-state index in [9.17, 15) is 8.42 Å². The molecule has 5 nitrogen and oxygen atoms in total. The van der Waals surface area contributed by atoms with Crippen molar-refractivity contribution in [1.29, 1.82) is 0 Å². The highest BCUT2D eigenvalue weighted by molar-refractivity contribution is 7.92. The summed E-state index contributed by atoms with van der Waals surface area (Å²) < 4.78 is 25.4. The maximum absolute atomic E-state index is 12.1. The average molecular weight is 293 g/mol. The van der Waals surface area contributed by atoms with E-state index in [0.717, 1.165) is 10.6 Å². The highest BCUT2D eigenvalue weighted by atomic mass is 32.2. The number of hydrogen-bond donors (Lipinski definition) is 1. The van der Waals surface area contributed by atoms with Gasteiger partial charge in [-0.05, 0) is 13.8 Å². The SMILES string of the molecule is Cc1ncsc1CN(C)S(=O)(=O)C(C)C(N)=S. The molecule has 0 amide bonds. The summed E-state index contributed by atoms with van der Waals surface area (Å²) in [4.78, 5) is 4.98. The van der Waals surface area contributed by atoms with Gasteiger partial charge in [-0.3, -0.25) is 0 Å². The van der Waals surface area contributed by atoms with Crippen LogP contribution in [0.3, 0.4) is 0 Å². The van der Waals surface area contributed by atoms with Crippen LogP contribution in [0.1, 0.15) is 17.5 Å². The molecule has 96 valence electrons. The Balaban J connectivity index is 2.87. The van der Waals surface area contributed by atoms with E-state index in [1.54, 1.807) is 5.51 Å². The summed E-state index contributed by atoms with van der Waals surface area (Å²) in [5, 5.41) is -0.851. The molecule has 0 saturated heterocycles. The molecule has 0 saturated carbocycles. The fraction of sp³-hybridized carbons (Fsp3) is 0.556. The molecule has 1 atom stereocenters. The number of thiazole rings is 1. The van der Waals surface area contributed by atoms with E-state index in [2.05, 4.69) is 4.98 Å².